The second-order valence-corrected chi connectivity index (χ2v) is 7.37. The van der Waals surface area contributed by atoms with Gasteiger partial charge in [-0.3, -0.25) is 4.79 Å². The predicted octanol–water partition coefficient (Wildman–Crippen LogP) is 2.62. The fourth-order valence-electron chi connectivity index (χ4n) is 3.07. The molecular weight excluding hydrogens is 330 g/mol. The normalized spacial score (nSPS) is 14.7. The topological polar surface area (TPSA) is 61.9 Å². The first-order valence-corrected chi connectivity index (χ1v) is 9.31. The fraction of sp³-hybridized carbons (Fsp3) is 0.600. The number of hydrogen-bond donors (Lipinski definition) is 1. The number of nitrogens with zero attached hydrogens (tertiary/aromatic N) is 2. The lowest BCUT2D eigenvalue weighted by Crippen LogP contribution is -2.54. The molecular formula is C20H31N3O3. The molecule has 3 amide bonds. The molecule has 0 radical (unpaired) electrons. The number of piperazine rings is 1. The van der Waals surface area contributed by atoms with Crippen LogP contribution in [0.5, 0.6) is 5.75 Å². The van der Waals surface area contributed by atoms with Crippen LogP contribution in [0.15, 0.2) is 18.2 Å². The maximum atomic E-state index is 12.7. The Bertz CT molecular complexity index is 635. The van der Waals surface area contributed by atoms with Gasteiger partial charge in [0.1, 0.15) is 5.75 Å². The van der Waals surface area contributed by atoms with Crippen LogP contribution >= 0.6 is 0 Å². The minimum Gasteiger partial charge on any atom is -0.496 e. The van der Waals surface area contributed by atoms with Gasteiger partial charge in [0.05, 0.1) is 13.5 Å². The summed E-state index contributed by atoms with van der Waals surface area (Å²) < 4.78 is 5.42. The number of carbonyl (C=O) groups excluding carboxylic acids is 2. The highest BCUT2D eigenvalue weighted by Crippen LogP contribution is 2.25. The van der Waals surface area contributed by atoms with Gasteiger partial charge in [-0.15, -0.1) is 0 Å². The summed E-state index contributed by atoms with van der Waals surface area (Å²) in [6.45, 7) is 10.4. The van der Waals surface area contributed by atoms with Crippen LogP contribution in [0.4, 0.5) is 4.79 Å². The molecule has 144 valence electrons. The Morgan fingerprint density at radius 2 is 1.69 bits per heavy atom. The molecule has 1 fully saturated rings. The third-order valence-corrected chi connectivity index (χ3v) is 4.64. The summed E-state index contributed by atoms with van der Waals surface area (Å²) in [4.78, 5) is 28.4. The zero-order valence-corrected chi connectivity index (χ0v) is 16.5. The van der Waals surface area contributed by atoms with Gasteiger partial charge in [-0.25, -0.2) is 4.79 Å². The second-order valence-electron chi connectivity index (χ2n) is 7.37. The molecule has 0 bridgehead atoms. The minimum absolute atomic E-state index is 0.0570. The van der Waals surface area contributed by atoms with E-state index in [1.165, 1.54) is 5.56 Å². The Labute approximate surface area is 156 Å². The van der Waals surface area contributed by atoms with Crippen molar-refractivity contribution in [1.82, 2.24) is 15.1 Å². The van der Waals surface area contributed by atoms with E-state index < -0.39 is 0 Å². The molecule has 1 aromatic rings. The molecule has 0 saturated carbocycles. The molecule has 2 rings (SSSR count). The molecule has 0 unspecified atom stereocenters. The van der Waals surface area contributed by atoms with Gasteiger partial charge in [-0.05, 0) is 31.4 Å². The average Bonchev–Trinajstić information content (AvgIpc) is 2.61. The summed E-state index contributed by atoms with van der Waals surface area (Å²) in [5, 5.41) is 2.90. The molecule has 6 nitrogen and oxygen atoms in total. The quantitative estimate of drug-likeness (QED) is 0.877. The van der Waals surface area contributed by atoms with Crippen LogP contribution in [0.2, 0.25) is 0 Å². The van der Waals surface area contributed by atoms with Crippen molar-refractivity contribution in [2.75, 3.05) is 33.3 Å². The Morgan fingerprint density at radius 3 is 2.23 bits per heavy atom. The van der Waals surface area contributed by atoms with Crippen molar-refractivity contribution in [2.45, 2.75) is 46.1 Å². The molecule has 1 aliphatic rings. The minimum atomic E-state index is -0.0570. The van der Waals surface area contributed by atoms with Crippen LogP contribution < -0.4 is 10.1 Å². The van der Waals surface area contributed by atoms with Crippen LogP contribution in [-0.2, 0) is 11.2 Å². The van der Waals surface area contributed by atoms with Crippen LogP contribution in [-0.4, -0.2) is 61.1 Å². The van der Waals surface area contributed by atoms with Gasteiger partial charge in [0.15, 0.2) is 0 Å². The Hall–Kier alpha value is -2.24. The monoisotopic (exact) mass is 361 g/mol. The van der Waals surface area contributed by atoms with Crippen molar-refractivity contribution >= 4 is 11.9 Å². The largest absolute Gasteiger partial charge is 0.496 e. The number of carbonyl (C=O) groups is 2. The van der Waals surface area contributed by atoms with E-state index in [1.807, 2.05) is 30.9 Å². The van der Waals surface area contributed by atoms with Crippen molar-refractivity contribution < 1.29 is 14.3 Å². The van der Waals surface area contributed by atoms with Gasteiger partial charge in [0, 0.05) is 37.8 Å². The first kappa shape index (κ1) is 20.1. The number of amides is 3. The lowest BCUT2D eigenvalue weighted by atomic mass is 9.98. The van der Waals surface area contributed by atoms with E-state index in [2.05, 4.69) is 25.2 Å². The first-order chi connectivity index (χ1) is 12.3. The molecule has 0 spiro atoms. The highest BCUT2D eigenvalue weighted by atomic mass is 16.5. The zero-order chi connectivity index (χ0) is 19.3. The number of hydrogen-bond acceptors (Lipinski definition) is 3. The Morgan fingerprint density at radius 1 is 1.08 bits per heavy atom. The van der Waals surface area contributed by atoms with E-state index in [9.17, 15) is 9.59 Å². The van der Waals surface area contributed by atoms with Crippen LogP contribution in [0.1, 0.15) is 44.7 Å². The number of benzene rings is 1. The van der Waals surface area contributed by atoms with Gasteiger partial charge in [0.2, 0.25) is 5.91 Å². The third-order valence-electron chi connectivity index (χ3n) is 4.64. The molecule has 0 aliphatic carbocycles. The lowest BCUT2D eigenvalue weighted by Gasteiger charge is -2.35. The van der Waals surface area contributed by atoms with Crippen LogP contribution in [0.3, 0.4) is 0 Å². The predicted molar refractivity (Wildman–Crippen MR) is 103 cm³/mol. The van der Waals surface area contributed by atoms with E-state index in [0.29, 0.717) is 38.5 Å². The van der Waals surface area contributed by atoms with Crippen LogP contribution in [0.25, 0.3) is 0 Å². The molecule has 1 heterocycles. The first-order valence-electron chi connectivity index (χ1n) is 9.31. The standard InChI is InChI=1S/C20H31N3O3/c1-14(2)16-6-7-18(26-5)17(12-16)13-19(24)22-8-10-23(11-9-22)20(25)21-15(3)4/h6-7,12,14-15H,8-11,13H2,1-5H3,(H,21,25). The molecule has 1 aromatic carbocycles. The second kappa shape index (κ2) is 8.92. The molecule has 26 heavy (non-hydrogen) atoms. The van der Waals surface area contributed by atoms with E-state index in [4.69, 9.17) is 4.74 Å². The fourth-order valence-corrected chi connectivity index (χ4v) is 3.07. The number of methoxy groups -OCH3 is 1. The summed E-state index contributed by atoms with van der Waals surface area (Å²) in [5.41, 5.74) is 2.12. The number of urea groups is 1. The van der Waals surface area contributed by atoms with E-state index >= 15 is 0 Å². The zero-order valence-electron chi connectivity index (χ0n) is 16.5. The average molecular weight is 361 g/mol. The third kappa shape index (κ3) is 5.13. The van der Waals surface area contributed by atoms with Crippen molar-refractivity contribution in [2.24, 2.45) is 0 Å². The van der Waals surface area contributed by atoms with Gasteiger partial charge in [-0.1, -0.05) is 26.0 Å². The van der Waals surface area contributed by atoms with Crippen molar-refractivity contribution in [3.05, 3.63) is 29.3 Å². The highest BCUT2D eigenvalue weighted by Gasteiger charge is 2.25. The number of ether oxygens (including phenoxy) is 1. The van der Waals surface area contributed by atoms with Crippen molar-refractivity contribution in [3.63, 3.8) is 0 Å². The number of rotatable bonds is 5. The van der Waals surface area contributed by atoms with E-state index in [0.717, 1.165) is 11.3 Å². The molecule has 1 saturated heterocycles. The SMILES string of the molecule is COc1ccc(C(C)C)cc1CC(=O)N1CCN(C(=O)NC(C)C)CC1. The van der Waals surface area contributed by atoms with Gasteiger partial charge in [0.25, 0.3) is 0 Å². The van der Waals surface area contributed by atoms with Crippen molar-refractivity contribution in [3.8, 4) is 5.75 Å². The molecule has 6 heteroatoms. The summed E-state index contributed by atoms with van der Waals surface area (Å²) in [7, 11) is 1.63. The summed E-state index contributed by atoms with van der Waals surface area (Å²) in [6.07, 6.45) is 0.321. The number of nitrogens with one attached hydrogen (secondary N) is 1. The molecule has 1 N–H and O–H groups in total. The lowest BCUT2D eigenvalue weighted by molar-refractivity contribution is -0.131. The smallest absolute Gasteiger partial charge is 0.317 e. The molecule has 1 aliphatic heterocycles. The highest BCUT2D eigenvalue weighted by molar-refractivity contribution is 5.80. The maximum absolute atomic E-state index is 12.7. The molecule has 0 aromatic heterocycles. The Balaban J connectivity index is 1.97. The summed E-state index contributed by atoms with van der Waals surface area (Å²) in [6, 6.07) is 6.10. The van der Waals surface area contributed by atoms with Crippen LogP contribution in [0, 0.1) is 0 Å². The maximum Gasteiger partial charge on any atom is 0.317 e. The van der Waals surface area contributed by atoms with Gasteiger partial charge < -0.3 is 19.9 Å². The summed E-state index contributed by atoms with van der Waals surface area (Å²) >= 11 is 0. The van der Waals surface area contributed by atoms with E-state index in [1.54, 1.807) is 12.0 Å². The molecule has 0 atom stereocenters. The summed E-state index contributed by atoms with van der Waals surface area (Å²) in [5.74, 6) is 1.23. The Kier molecular flexibility index (Phi) is 6.89. The van der Waals surface area contributed by atoms with Gasteiger partial charge in [-0.2, -0.15) is 0 Å². The van der Waals surface area contributed by atoms with E-state index in [-0.39, 0.29) is 18.0 Å². The van der Waals surface area contributed by atoms with Crippen molar-refractivity contribution in [1.29, 1.82) is 0 Å². The van der Waals surface area contributed by atoms with Gasteiger partial charge >= 0.3 is 6.03 Å².